The third-order valence-corrected chi connectivity index (χ3v) is 7.06. The number of benzene rings is 1. The van der Waals surface area contributed by atoms with Gasteiger partial charge in [0.15, 0.2) is 0 Å². The number of hydrogen-bond acceptors (Lipinski definition) is 7. The lowest BCUT2D eigenvalue weighted by atomic mass is 9.95. The van der Waals surface area contributed by atoms with Crippen LogP contribution in [0.15, 0.2) is 30.7 Å². The third kappa shape index (κ3) is 4.40. The molecule has 178 valence electrons. The van der Waals surface area contributed by atoms with E-state index in [1.165, 1.54) is 38.1 Å². The fourth-order valence-corrected chi connectivity index (χ4v) is 4.87. The van der Waals surface area contributed by atoms with Gasteiger partial charge in [-0.2, -0.15) is 0 Å². The Hall–Kier alpha value is -3.33. The van der Waals surface area contributed by atoms with Gasteiger partial charge in [-0.3, -0.25) is 0 Å². The quantitative estimate of drug-likeness (QED) is 0.522. The highest BCUT2D eigenvalue weighted by molar-refractivity contribution is 5.90. The van der Waals surface area contributed by atoms with Gasteiger partial charge in [-0.1, -0.05) is 0 Å². The fraction of sp³-hybridized carbons (Fsp3) is 0.440. The third-order valence-electron chi connectivity index (χ3n) is 7.06. The van der Waals surface area contributed by atoms with E-state index in [4.69, 9.17) is 16.1 Å². The molecule has 1 aromatic carbocycles. The molecule has 5 rings (SSSR count). The Morgan fingerprint density at radius 1 is 1.15 bits per heavy atom. The number of aryl methyl sites for hydroxylation is 1. The number of nitrogen functional groups attached to an aromatic ring is 1. The van der Waals surface area contributed by atoms with E-state index in [9.17, 15) is 4.39 Å². The van der Waals surface area contributed by atoms with E-state index in [2.05, 4.69) is 30.5 Å². The van der Waals surface area contributed by atoms with E-state index in [0.717, 1.165) is 61.9 Å². The zero-order valence-electron chi connectivity index (χ0n) is 19.5. The number of anilines is 2. The van der Waals surface area contributed by atoms with Crippen LogP contribution in [0, 0.1) is 18.2 Å². The number of imidazole rings is 1. The van der Waals surface area contributed by atoms with E-state index in [1.807, 2.05) is 12.1 Å². The van der Waals surface area contributed by atoms with Gasteiger partial charge in [-0.05, 0) is 63.0 Å². The van der Waals surface area contributed by atoms with Gasteiger partial charge in [-0.25, -0.2) is 19.3 Å². The van der Waals surface area contributed by atoms with Crippen LogP contribution in [-0.2, 0) is 6.54 Å². The van der Waals surface area contributed by atoms with Crippen molar-refractivity contribution >= 4 is 17.9 Å². The van der Waals surface area contributed by atoms with E-state index in [1.54, 1.807) is 6.92 Å². The molecule has 0 radical (unpaired) electrons. The number of halogens is 1. The summed E-state index contributed by atoms with van der Waals surface area (Å²) in [5.41, 5.74) is 9.02. The van der Waals surface area contributed by atoms with Gasteiger partial charge in [0.2, 0.25) is 0 Å². The van der Waals surface area contributed by atoms with E-state index in [-0.39, 0.29) is 5.82 Å². The largest absolute Gasteiger partial charge is 0.383 e. The van der Waals surface area contributed by atoms with Crippen LogP contribution in [0.3, 0.4) is 0 Å². The normalized spacial score (nSPS) is 17.1. The number of nitrogens with one attached hydrogen (secondary N) is 1. The van der Waals surface area contributed by atoms with Crippen molar-refractivity contribution in [1.29, 1.82) is 5.41 Å². The Morgan fingerprint density at radius 3 is 2.62 bits per heavy atom. The summed E-state index contributed by atoms with van der Waals surface area (Å²) in [5, 5.41) is 7.71. The minimum Gasteiger partial charge on any atom is -0.383 e. The summed E-state index contributed by atoms with van der Waals surface area (Å²) in [4.78, 5) is 18.1. The lowest BCUT2D eigenvalue weighted by Gasteiger charge is -2.34. The van der Waals surface area contributed by atoms with Gasteiger partial charge in [0.05, 0.1) is 11.3 Å². The number of likely N-dealkylation sites (tertiary alicyclic amines) is 1. The summed E-state index contributed by atoms with van der Waals surface area (Å²) < 4.78 is 16.1. The Bertz CT molecular complexity index is 1180. The molecule has 4 heterocycles. The van der Waals surface area contributed by atoms with Crippen LogP contribution in [0.25, 0.3) is 11.3 Å². The topological polar surface area (TPSA) is 100.0 Å². The molecule has 0 amide bonds. The van der Waals surface area contributed by atoms with Crippen molar-refractivity contribution < 1.29 is 4.39 Å². The summed E-state index contributed by atoms with van der Waals surface area (Å²) in [6.45, 7) is 7.68. The number of piperidine rings is 1. The van der Waals surface area contributed by atoms with Gasteiger partial charge in [0.1, 0.15) is 29.6 Å². The number of aromatic nitrogens is 4. The number of nitrogens with two attached hydrogens (primary N) is 1. The molecule has 2 aliphatic heterocycles. The molecular weight excluding hydrogens is 431 g/mol. The molecule has 2 aromatic heterocycles. The van der Waals surface area contributed by atoms with Crippen LogP contribution in [0.1, 0.15) is 42.1 Å². The first-order valence-electron chi connectivity index (χ1n) is 12.0. The zero-order valence-corrected chi connectivity index (χ0v) is 19.5. The minimum atomic E-state index is -0.191. The molecule has 2 saturated heterocycles. The lowest BCUT2D eigenvalue weighted by Crippen LogP contribution is -2.39. The first-order valence-corrected chi connectivity index (χ1v) is 12.0. The van der Waals surface area contributed by atoms with Crippen molar-refractivity contribution in [3.8, 4) is 11.3 Å². The van der Waals surface area contributed by atoms with Crippen LogP contribution < -0.4 is 10.6 Å². The predicted octanol–water partition coefficient (Wildman–Crippen LogP) is 3.46. The van der Waals surface area contributed by atoms with Gasteiger partial charge in [0, 0.05) is 50.1 Å². The summed E-state index contributed by atoms with van der Waals surface area (Å²) in [5.74, 6) is 2.30. The van der Waals surface area contributed by atoms with Crippen molar-refractivity contribution in [2.45, 2.75) is 38.6 Å². The van der Waals surface area contributed by atoms with Crippen LogP contribution in [0.4, 0.5) is 16.0 Å². The SMILES string of the molecule is Cc1cc(-c2cn(CCN3CCC3)c(C3CCN(c4ncnc(N)c4C=N)CC3)n2)ccc1F. The molecule has 3 N–H and O–H groups in total. The van der Waals surface area contributed by atoms with Crippen molar-refractivity contribution in [2.24, 2.45) is 0 Å². The predicted molar refractivity (Wildman–Crippen MR) is 132 cm³/mol. The molecule has 0 bridgehead atoms. The minimum absolute atomic E-state index is 0.191. The second-order valence-electron chi connectivity index (χ2n) is 9.24. The number of nitrogens with zero attached hydrogens (tertiary/aromatic N) is 6. The average molecular weight is 463 g/mol. The standard InChI is InChI=1S/C25H31FN8/c1-17-13-19(3-4-21(17)26)22-15-34(12-11-32-7-2-8-32)24(31-22)18-5-9-33(10-6-18)25-20(14-27)23(28)29-16-30-25/h3-4,13-16,18,27H,2,5-12H2,1H3,(H2,28,29,30). The molecular formula is C25H31FN8. The Morgan fingerprint density at radius 2 is 1.94 bits per heavy atom. The highest BCUT2D eigenvalue weighted by atomic mass is 19.1. The molecule has 9 heteroatoms. The monoisotopic (exact) mass is 462 g/mol. The fourth-order valence-electron chi connectivity index (χ4n) is 4.87. The maximum absolute atomic E-state index is 13.8. The molecule has 0 atom stereocenters. The summed E-state index contributed by atoms with van der Waals surface area (Å²) in [6, 6.07) is 5.22. The van der Waals surface area contributed by atoms with E-state index >= 15 is 0 Å². The maximum atomic E-state index is 13.8. The second-order valence-corrected chi connectivity index (χ2v) is 9.24. The maximum Gasteiger partial charge on any atom is 0.142 e. The van der Waals surface area contributed by atoms with Gasteiger partial charge < -0.3 is 25.5 Å². The van der Waals surface area contributed by atoms with Crippen LogP contribution in [-0.4, -0.2) is 63.4 Å². The first kappa shape index (κ1) is 22.5. The van der Waals surface area contributed by atoms with Crippen LogP contribution in [0.2, 0.25) is 0 Å². The number of hydrogen-bond donors (Lipinski definition) is 2. The highest BCUT2D eigenvalue weighted by Crippen LogP contribution is 2.33. The summed E-state index contributed by atoms with van der Waals surface area (Å²) >= 11 is 0. The molecule has 3 aromatic rings. The lowest BCUT2D eigenvalue weighted by molar-refractivity contribution is 0.173. The second kappa shape index (κ2) is 9.50. The smallest absolute Gasteiger partial charge is 0.142 e. The summed E-state index contributed by atoms with van der Waals surface area (Å²) in [6.07, 6.45) is 7.97. The van der Waals surface area contributed by atoms with Crippen molar-refractivity contribution in [3.05, 3.63) is 53.5 Å². The molecule has 2 fully saturated rings. The Labute approximate surface area is 199 Å². The zero-order chi connectivity index (χ0) is 23.7. The summed E-state index contributed by atoms with van der Waals surface area (Å²) in [7, 11) is 0. The van der Waals surface area contributed by atoms with E-state index < -0.39 is 0 Å². The molecule has 0 aliphatic carbocycles. The number of rotatable bonds is 7. The first-order chi connectivity index (χ1) is 16.5. The van der Waals surface area contributed by atoms with Crippen molar-refractivity contribution in [2.75, 3.05) is 43.4 Å². The van der Waals surface area contributed by atoms with E-state index in [0.29, 0.717) is 22.9 Å². The van der Waals surface area contributed by atoms with Crippen LogP contribution in [0.5, 0.6) is 0 Å². The van der Waals surface area contributed by atoms with Crippen molar-refractivity contribution in [1.82, 2.24) is 24.4 Å². The Kier molecular flexibility index (Phi) is 6.28. The van der Waals surface area contributed by atoms with Gasteiger partial charge in [0.25, 0.3) is 0 Å². The average Bonchev–Trinajstić information content (AvgIpc) is 3.24. The molecule has 0 saturated carbocycles. The highest BCUT2D eigenvalue weighted by Gasteiger charge is 2.27. The molecule has 0 spiro atoms. The van der Waals surface area contributed by atoms with Gasteiger partial charge >= 0.3 is 0 Å². The molecule has 34 heavy (non-hydrogen) atoms. The molecule has 0 unspecified atom stereocenters. The van der Waals surface area contributed by atoms with Crippen molar-refractivity contribution in [3.63, 3.8) is 0 Å². The molecule has 8 nitrogen and oxygen atoms in total. The van der Waals surface area contributed by atoms with Crippen LogP contribution >= 0.6 is 0 Å². The molecule has 2 aliphatic rings. The Balaban J connectivity index is 1.37. The van der Waals surface area contributed by atoms with Gasteiger partial charge in [-0.15, -0.1) is 0 Å².